The second-order valence-electron chi connectivity index (χ2n) is 2.98. The lowest BCUT2D eigenvalue weighted by molar-refractivity contribution is 0.157. The van der Waals surface area contributed by atoms with E-state index in [-0.39, 0.29) is 0 Å². The van der Waals surface area contributed by atoms with Crippen LogP contribution < -0.4 is 0 Å². The topological polar surface area (TPSA) is 24.8 Å². The first-order chi connectivity index (χ1) is 6.70. The molecule has 0 rings (SSSR count). The van der Waals surface area contributed by atoms with E-state index in [4.69, 9.17) is 4.84 Å². The van der Waals surface area contributed by atoms with E-state index >= 15 is 0 Å². The first-order valence-electron chi connectivity index (χ1n) is 5.53. The van der Waals surface area contributed by atoms with Crippen LogP contribution in [-0.2, 0) is 4.84 Å². The van der Waals surface area contributed by atoms with Gasteiger partial charge in [0, 0.05) is 13.0 Å². The molecule has 0 spiro atoms. The summed E-state index contributed by atoms with van der Waals surface area (Å²) in [4.78, 5) is 7.14. The van der Waals surface area contributed by atoms with Gasteiger partial charge in [-0.05, 0) is 27.4 Å². The van der Waals surface area contributed by atoms with Gasteiger partial charge in [-0.2, -0.15) is 0 Å². The minimum absolute atomic E-state index is 0.658. The molecule has 0 amide bonds. The highest BCUT2D eigenvalue weighted by Crippen LogP contribution is 1.95. The average molecular weight is 202 g/mol. The largest absolute Gasteiger partial charge is 0.396 e. The minimum atomic E-state index is 0.658. The molecule has 0 saturated carbocycles. The molecule has 3 nitrogen and oxygen atoms in total. The third-order valence-corrected chi connectivity index (χ3v) is 1.58. The Balaban J connectivity index is 0. The number of nitrogens with zero attached hydrogens (tertiary/aromatic N) is 2. The van der Waals surface area contributed by atoms with Crippen molar-refractivity contribution in [2.45, 2.75) is 40.5 Å². The van der Waals surface area contributed by atoms with Crippen molar-refractivity contribution < 1.29 is 4.84 Å². The number of hydrogen-bond donors (Lipinski definition) is 0. The molecule has 0 aromatic carbocycles. The van der Waals surface area contributed by atoms with Crippen molar-refractivity contribution >= 4 is 5.71 Å². The number of oxime groups is 1. The van der Waals surface area contributed by atoms with Crippen molar-refractivity contribution in [2.24, 2.45) is 5.16 Å². The Morgan fingerprint density at radius 1 is 1.21 bits per heavy atom. The van der Waals surface area contributed by atoms with Gasteiger partial charge in [-0.3, -0.25) is 0 Å². The van der Waals surface area contributed by atoms with Crippen LogP contribution in [-0.4, -0.2) is 37.9 Å². The molecule has 86 valence electrons. The van der Waals surface area contributed by atoms with Gasteiger partial charge in [-0.25, -0.2) is 0 Å². The SMILES string of the molecule is CC.CCO/N=C(/CC)CCN(C)C. The van der Waals surface area contributed by atoms with Crippen molar-refractivity contribution in [1.82, 2.24) is 4.90 Å². The molecule has 0 heterocycles. The maximum atomic E-state index is 4.99. The van der Waals surface area contributed by atoms with E-state index in [1.54, 1.807) is 0 Å². The van der Waals surface area contributed by atoms with Crippen LogP contribution in [0.15, 0.2) is 5.16 Å². The Morgan fingerprint density at radius 2 is 1.79 bits per heavy atom. The summed E-state index contributed by atoms with van der Waals surface area (Å²) in [6.07, 6.45) is 1.98. The second-order valence-corrected chi connectivity index (χ2v) is 2.98. The number of hydrogen-bond acceptors (Lipinski definition) is 3. The van der Waals surface area contributed by atoms with Gasteiger partial charge in [0.1, 0.15) is 6.61 Å². The van der Waals surface area contributed by atoms with Crippen molar-refractivity contribution in [3.8, 4) is 0 Å². The van der Waals surface area contributed by atoms with E-state index in [0.717, 1.165) is 25.1 Å². The first-order valence-corrected chi connectivity index (χ1v) is 5.53. The van der Waals surface area contributed by atoms with Crippen LogP contribution in [0.4, 0.5) is 0 Å². The summed E-state index contributed by atoms with van der Waals surface area (Å²) < 4.78 is 0. The predicted molar refractivity (Wildman–Crippen MR) is 63.9 cm³/mol. The van der Waals surface area contributed by atoms with Crippen LogP contribution in [0.25, 0.3) is 0 Å². The predicted octanol–water partition coefficient (Wildman–Crippen LogP) is 2.77. The molecule has 0 fully saturated rings. The lowest BCUT2D eigenvalue weighted by Gasteiger charge is -2.09. The molecule has 0 bridgehead atoms. The molecule has 0 radical (unpaired) electrons. The van der Waals surface area contributed by atoms with Gasteiger partial charge in [0.05, 0.1) is 5.71 Å². The second kappa shape index (κ2) is 12.4. The molecular formula is C11H26N2O. The fraction of sp³-hybridized carbons (Fsp3) is 0.909. The van der Waals surface area contributed by atoms with Gasteiger partial charge in [0.15, 0.2) is 0 Å². The molecule has 0 aromatic rings. The molecule has 0 aromatic heterocycles. The van der Waals surface area contributed by atoms with Crippen LogP contribution in [0.3, 0.4) is 0 Å². The Kier molecular flexibility index (Phi) is 14.1. The highest BCUT2D eigenvalue weighted by Gasteiger charge is 1.97. The molecule has 0 aliphatic carbocycles. The summed E-state index contributed by atoms with van der Waals surface area (Å²) in [5, 5.41) is 4.02. The van der Waals surface area contributed by atoms with Crippen molar-refractivity contribution in [3.63, 3.8) is 0 Å². The first kappa shape index (κ1) is 15.9. The van der Waals surface area contributed by atoms with E-state index in [9.17, 15) is 0 Å². The summed E-state index contributed by atoms with van der Waals surface area (Å²) in [6.45, 7) is 9.75. The van der Waals surface area contributed by atoms with Crippen LogP contribution in [0, 0.1) is 0 Å². The van der Waals surface area contributed by atoms with Gasteiger partial charge in [-0.1, -0.05) is 25.9 Å². The Morgan fingerprint density at radius 3 is 2.14 bits per heavy atom. The molecule has 0 saturated heterocycles. The van der Waals surface area contributed by atoms with Crippen LogP contribution in [0.5, 0.6) is 0 Å². The maximum Gasteiger partial charge on any atom is 0.114 e. The zero-order valence-electron chi connectivity index (χ0n) is 10.6. The summed E-state index contributed by atoms with van der Waals surface area (Å²) in [5.41, 5.74) is 1.14. The Hall–Kier alpha value is -0.570. The molecule has 3 heteroatoms. The average Bonchev–Trinajstić information content (AvgIpc) is 2.21. The van der Waals surface area contributed by atoms with Gasteiger partial charge in [0.25, 0.3) is 0 Å². The summed E-state index contributed by atoms with van der Waals surface area (Å²) in [6, 6.07) is 0. The zero-order chi connectivity index (χ0) is 11.4. The summed E-state index contributed by atoms with van der Waals surface area (Å²) in [5.74, 6) is 0. The van der Waals surface area contributed by atoms with Crippen molar-refractivity contribution in [2.75, 3.05) is 27.2 Å². The highest BCUT2D eigenvalue weighted by atomic mass is 16.6. The monoisotopic (exact) mass is 202 g/mol. The molecule has 0 N–H and O–H groups in total. The maximum absolute atomic E-state index is 4.99. The van der Waals surface area contributed by atoms with Gasteiger partial charge < -0.3 is 9.74 Å². The fourth-order valence-electron chi connectivity index (χ4n) is 0.795. The fourth-order valence-corrected chi connectivity index (χ4v) is 0.795. The number of rotatable bonds is 6. The lowest BCUT2D eigenvalue weighted by atomic mass is 10.2. The van der Waals surface area contributed by atoms with Gasteiger partial charge in [-0.15, -0.1) is 0 Å². The van der Waals surface area contributed by atoms with E-state index in [1.165, 1.54) is 0 Å². The molecule has 14 heavy (non-hydrogen) atoms. The summed E-state index contributed by atoms with van der Waals surface area (Å²) in [7, 11) is 4.13. The normalized spacial score (nSPS) is 10.9. The van der Waals surface area contributed by atoms with Crippen LogP contribution in [0.2, 0.25) is 0 Å². The summed E-state index contributed by atoms with van der Waals surface area (Å²) >= 11 is 0. The molecule has 0 aliphatic rings. The standard InChI is InChI=1S/C9H20N2O.C2H6/c1-5-9(10-12-6-2)7-8-11(3)4;1-2/h5-8H2,1-4H3;1-2H3/b10-9-;. The molecular weight excluding hydrogens is 176 g/mol. The van der Waals surface area contributed by atoms with E-state index in [1.807, 2.05) is 20.8 Å². The quantitative estimate of drug-likeness (QED) is 0.489. The lowest BCUT2D eigenvalue weighted by Crippen LogP contribution is -2.16. The van der Waals surface area contributed by atoms with Crippen molar-refractivity contribution in [1.29, 1.82) is 0 Å². The Bertz CT molecular complexity index is 133. The molecule has 0 aliphatic heterocycles. The minimum Gasteiger partial charge on any atom is -0.396 e. The van der Waals surface area contributed by atoms with Crippen molar-refractivity contribution in [3.05, 3.63) is 0 Å². The molecule has 0 unspecified atom stereocenters. The van der Waals surface area contributed by atoms with Gasteiger partial charge >= 0.3 is 0 Å². The third-order valence-electron chi connectivity index (χ3n) is 1.58. The van der Waals surface area contributed by atoms with E-state index < -0.39 is 0 Å². The van der Waals surface area contributed by atoms with E-state index in [2.05, 4.69) is 31.1 Å². The van der Waals surface area contributed by atoms with Crippen LogP contribution >= 0.6 is 0 Å². The van der Waals surface area contributed by atoms with E-state index in [0.29, 0.717) is 6.61 Å². The highest BCUT2D eigenvalue weighted by molar-refractivity contribution is 5.83. The van der Waals surface area contributed by atoms with Crippen LogP contribution in [0.1, 0.15) is 40.5 Å². The third kappa shape index (κ3) is 11.4. The smallest absolute Gasteiger partial charge is 0.114 e. The van der Waals surface area contributed by atoms with Gasteiger partial charge in [0.2, 0.25) is 0 Å². The Labute approximate surface area is 89.1 Å². The zero-order valence-corrected chi connectivity index (χ0v) is 10.6. The molecule has 0 atom stereocenters.